The lowest BCUT2D eigenvalue weighted by molar-refractivity contribution is 0.0693. The van der Waals surface area contributed by atoms with Crippen LogP contribution in [-0.4, -0.2) is 18.2 Å². The van der Waals surface area contributed by atoms with E-state index in [0.717, 1.165) is 5.56 Å². The van der Waals surface area contributed by atoms with Crippen LogP contribution in [0.4, 0.5) is 0 Å². The Morgan fingerprint density at radius 1 is 1.40 bits per heavy atom. The first kappa shape index (κ1) is 11.0. The van der Waals surface area contributed by atoms with Gasteiger partial charge in [-0.3, -0.25) is 0 Å². The Morgan fingerprint density at radius 3 is 2.47 bits per heavy atom. The van der Waals surface area contributed by atoms with Gasteiger partial charge in [0.25, 0.3) is 0 Å². The minimum Gasteiger partial charge on any atom is -0.495 e. The minimum absolute atomic E-state index is 0.123. The molecule has 3 heteroatoms. The highest BCUT2D eigenvalue weighted by Crippen LogP contribution is 2.28. The summed E-state index contributed by atoms with van der Waals surface area (Å²) in [6.07, 6.45) is 3.19. The molecule has 0 spiro atoms. The van der Waals surface area contributed by atoms with E-state index in [-0.39, 0.29) is 5.56 Å². The SMILES string of the molecule is C=Cc1ccc(C(=O)O)c(OC)c1C=C. The van der Waals surface area contributed by atoms with Crippen molar-refractivity contribution in [1.29, 1.82) is 0 Å². The zero-order valence-electron chi connectivity index (χ0n) is 8.49. The van der Waals surface area contributed by atoms with Crippen molar-refractivity contribution < 1.29 is 14.6 Å². The van der Waals surface area contributed by atoms with Gasteiger partial charge < -0.3 is 9.84 Å². The Balaban J connectivity index is 3.54. The van der Waals surface area contributed by atoms with Gasteiger partial charge in [-0.1, -0.05) is 31.4 Å². The molecule has 78 valence electrons. The van der Waals surface area contributed by atoms with Crippen molar-refractivity contribution in [1.82, 2.24) is 0 Å². The lowest BCUT2D eigenvalue weighted by Gasteiger charge is -2.11. The maximum Gasteiger partial charge on any atom is 0.339 e. The largest absolute Gasteiger partial charge is 0.495 e. The molecule has 0 radical (unpaired) electrons. The van der Waals surface area contributed by atoms with Gasteiger partial charge in [0.1, 0.15) is 11.3 Å². The fraction of sp³-hybridized carbons (Fsp3) is 0.0833. The van der Waals surface area contributed by atoms with Gasteiger partial charge in [-0.15, -0.1) is 0 Å². The van der Waals surface area contributed by atoms with Crippen LogP contribution < -0.4 is 4.74 Å². The standard InChI is InChI=1S/C12H12O3/c1-4-8-6-7-10(12(13)14)11(15-3)9(8)5-2/h4-7H,1-2H2,3H3,(H,13,14). The number of benzene rings is 1. The molecule has 0 aliphatic heterocycles. The van der Waals surface area contributed by atoms with Crippen LogP contribution in [0.1, 0.15) is 21.5 Å². The Kier molecular flexibility index (Phi) is 3.29. The van der Waals surface area contributed by atoms with Gasteiger partial charge in [0.05, 0.1) is 7.11 Å². The van der Waals surface area contributed by atoms with E-state index in [1.165, 1.54) is 13.2 Å². The minimum atomic E-state index is -1.02. The second-order valence-electron chi connectivity index (χ2n) is 2.86. The summed E-state index contributed by atoms with van der Waals surface area (Å²) in [5.74, 6) is -0.708. The molecule has 0 aliphatic rings. The van der Waals surface area contributed by atoms with Crippen molar-refractivity contribution in [2.24, 2.45) is 0 Å². The van der Waals surface area contributed by atoms with E-state index >= 15 is 0 Å². The lowest BCUT2D eigenvalue weighted by atomic mass is 10.0. The quantitative estimate of drug-likeness (QED) is 0.820. The highest BCUT2D eigenvalue weighted by Gasteiger charge is 2.15. The molecule has 1 rings (SSSR count). The van der Waals surface area contributed by atoms with Crippen molar-refractivity contribution >= 4 is 18.1 Å². The zero-order chi connectivity index (χ0) is 11.4. The molecule has 0 aromatic heterocycles. The van der Waals surface area contributed by atoms with Gasteiger partial charge in [0.15, 0.2) is 0 Å². The molecule has 1 aromatic carbocycles. The van der Waals surface area contributed by atoms with E-state index in [4.69, 9.17) is 9.84 Å². The molecule has 0 atom stereocenters. The van der Waals surface area contributed by atoms with Gasteiger partial charge in [0, 0.05) is 5.56 Å². The van der Waals surface area contributed by atoms with Crippen LogP contribution in [0.5, 0.6) is 5.75 Å². The molecule has 3 nitrogen and oxygen atoms in total. The topological polar surface area (TPSA) is 46.5 Å². The molecule has 1 N–H and O–H groups in total. The number of ether oxygens (including phenoxy) is 1. The first-order valence-corrected chi connectivity index (χ1v) is 4.34. The second-order valence-corrected chi connectivity index (χ2v) is 2.86. The van der Waals surface area contributed by atoms with Crippen molar-refractivity contribution in [3.8, 4) is 5.75 Å². The van der Waals surface area contributed by atoms with Crippen LogP contribution >= 0.6 is 0 Å². The number of carboxylic acids is 1. The van der Waals surface area contributed by atoms with Crippen LogP contribution in [-0.2, 0) is 0 Å². The third-order valence-electron chi connectivity index (χ3n) is 2.09. The molecular weight excluding hydrogens is 192 g/mol. The van der Waals surface area contributed by atoms with Gasteiger partial charge in [0.2, 0.25) is 0 Å². The number of rotatable bonds is 4. The van der Waals surface area contributed by atoms with Gasteiger partial charge in [-0.05, 0) is 11.6 Å². The van der Waals surface area contributed by atoms with Crippen LogP contribution in [0.15, 0.2) is 25.3 Å². The molecule has 0 heterocycles. The number of hydrogen-bond acceptors (Lipinski definition) is 2. The molecule has 0 amide bonds. The summed E-state index contributed by atoms with van der Waals surface area (Å²) in [5.41, 5.74) is 1.57. The average molecular weight is 204 g/mol. The number of carbonyl (C=O) groups is 1. The predicted octanol–water partition coefficient (Wildman–Crippen LogP) is 2.68. The van der Waals surface area contributed by atoms with Crippen molar-refractivity contribution in [2.75, 3.05) is 7.11 Å². The van der Waals surface area contributed by atoms with Crippen LogP contribution in [0.3, 0.4) is 0 Å². The van der Waals surface area contributed by atoms with E-state index in [1.807, 2.05) is 0 Å². The van der Waals surface area contributed by atoms with Crippen LogP contribution in [0.2, 0.25) is 0 Å². The Morgan fingerprint density at radius 2 is 2.07 bits per heavy atom. The first-order valence-electron chi connectivity index (χ1n) is 4.34. The van der Waals surface area contributed by atoms with E-state index in [1.54, 1.807) is 18.2 Å². The number of methoxy groups -OCH3 is 1. The molecule has 0 unspecified atom stereocenters. The van der Waals surface area contributed by atoms with Crippen LogP contribution in [0.25, 0.3) is 12.2 Å². The summed E-state index contributed by atoms with van der Waals surface area (Å²) in [5, 5.41) is 8.94. The number of aromatic carboxylic acids is 1. The molecule has 1 aromatic rings. The summed E-state index contributed by atoms with van der Waals surface area (Å²) >= 11 is 0. The Hall–Kier alpha value is -2.03. The molecule has 0 aliphatic carbocycles. The van der Waals surface area contributed by atoms with E-state index in [0.29, 0.717) is 11.3 Å². The molecule has 15 heavy (non-hydrogen) atoms. The van der Waals surface area contributed by atoms with Crippen molar-refractivity contribution in [2.45, 2.75) is 0 Å². The molecule has 0 fully saturated rings. The summed E-state index contributed by atoms with van der Waals surface area (Å²) in [4.78, 5) is 10.9. The average Bonchev–Trinajstić information content (AvgIpc) is 2.26. The number of carboxylic acid groups (broad SMARTS) is 1. The molecule has 0 saturated carbocycles. The normalized spacial score (nSPS) is 9.40. The van der Waals surface area contributed by atoms with Gasteiger partial charge >= 0.3 is 5.97 Å². The van der Waals surface area contributed by atoms with E-state index in [2.05, 4.69) is 13.2 Å². The highest BCUT2D eigenvalue weighted by molar-refractivity contribution is 5.93. The van der Waals surface area contributed by atoms with Gasteiger partial charge in [-0.2, -0.15) is 0 Å². The monoisotopic (exact) mass is 204 g/mol. The van der Waals surface area contributed by atoms with E-state index < -0.39 is 5.97 Å². The summed E-state index contributed by atoms with van der Waals surface area (Å²) in [6, 6.07) is 3.17. The fourth-order valence-electron chi connectivity index (χ4n) is 1.39. The maximum atomic E-state index is 10.9. The fourth-order valence-corrected chi connectivity index (χ4v) is 1.39. The highest BCUT2D eigenvalue weighted by atomic mass is 16.5. The molecule has 0 bridgehead atoms. The zero-order valence-corrected chi connectivity index (χ0v) is 8.49. The smallest absolute Gasteiger partial charge is 0.339 e. The summed E-state index contributed by atoms with van der Waals surface area (Å²) < 4.78 is 5.07. The third-order valence-corrected chi connectivity index (χ3v) is 2.09. The van der Waals surface area contributed by atoms with E-state index in [9.17, 15) is 4.79 Å². The Bertz CT molecular complexity index is 419. The number of hydrogen-bond donors (Lipinski definition) is 1. The lowest BCUT2D eigenvalue weighted by Crippen LogP contribution is -2.02. The first-order chi connectivity index (χ1) is 7.15. The van der Waals surface area contributed by atoms with Crippen molar-refractivity contribution in [3.63, 3.8) is 0 Å². The Labute approximate surface area is 88.3 Å². The van der Waals surface area contributed by atoms with Gasteiger partial charge in [-0.25, -0.2) is 4.79 Å². The maximum absolute atomic E-state index is 10.9. The van der Waals surface area contributed by atoms with Crippen molar-refractivity contribution in [3.05, 3.63) is 42.0 Å². The van der Waals surface area contributed by atoms with Crippen LogP contribution in [0, 0.1) is 0 Å². The molecular formula is C12H12O3. The summed E-state index contributed by atoms with van der Waals surface area (Å²) in [7, 11) is 1.43. The molecule has 0 saturated heterocycles. The predicted molar refractivity (Wildman–Crippen MR) is 60.1 cm³/mol. The second kappa shape index (κ2) is 4.46. The summed E-state index contributed by atoms with van der Waals surface area (Å²) in [6.45, 7) is 7.27. The third kappa shape index (κ3) is 1.91.